The average molecular weight is 262 g/mol. The lowest BCUT2D eigenvalue weighted by atomic mass is 10.2. The first-order valence-electron chi connectivity index (χ1n) is 6.14. The van der Waals surface area contributed by atoms with E-state index >= 15 is 0 Å². The second-order valence-electron chi connectivity index (χ2n) is 3.93. The van der Waals surface area contributed by atoms with Gasteiger partial charge in [0.2, 0.25) is 5.91 Å². The number of nitrogens with zero attached hydrogens (tertiary/aromatic N) is 1. The van der Waals surface area contributed by atoms with Gasteiger partial charge in [-0.2, -0.15) is 5.26 Å². The van der Waals surface area contributed by atoms with E-state index in [1.165, 1.54) is 0 Å². The van der Waals surface area contributed by atoms with E-state index in [4.69, 9.17) is 14.7 Å². The highest BCUT2D eigenvalue weighted by molar-refractivity contribution is 5.78. The minimum atomic E-state index is -0.292. The molecule has 0 heterocycles. The molecule has 5 heteroatoms. The zero-order chi connectivity index (χ0) is 14.1. The van der Waals surface area contributed by atoms with Gasteiger partial charge in [0.05, 0.1) is 19.8 Å². The van der Waals surface area contributed by atoms with Crippen LogP contribution < -0.4 is 14.8 Å². The first-order valence-corrected chi connectivity index (χ1v) is 6.14. The largest absolute Gasteiger partial charge is 0.497 e. The lowest BCUT2D eigenvalue weighted by molar-refractivity contribution is -0.120. The molecule has 1 rings (SSSR count). The van der Waals surface area contributed by atoms with Gasteiger partial charge in [0.25, 0.3) is 0 Å². The van der Waals surface area contributed by atoms with Crippen LogP contribution in [0.5, 0.6) is 11.5 Å². The van der Waals surface area contributed by atoms with Gasteiger partial charge in [-0.05, 0) is 18.6 Å². The first-order chi connectivity index (χ1) is 9.21. The van der Waals surface area contributed by atoms with E-state index < -0.39 is 0 Å². The number of benzene rings is 1. The Morgan fingerprint density at radius 1 is 1.47 bits per heavy atom. The molecule has 0 aromatic heterocycles. The van der Waals surface area contributed by atoms with E-state index in [0.717, 1.165) is 12.0 Å². The molecule has 0 spiro atoms. The highest BCUT2D eigenvalue weighted by atomic mass is 16.5. The van der Waals surface area contributed by atoms with Crippen LogP contribution in [0.15, 0.2) is 18.2 Å². The molecule has 0 aliphatic carbocycles. The average Bonchev–Trinajstić information content (AvgIpc) is 2.43. The summed E-state index contributed by atoms with van der Waals surface area (Å²) in [6, 6.07) is 7.25. The SMILES string of the molecule is CCCOc1cc(OC)ccc1CNC(=O)CC#N. The maximum Gasteiger partial charge on any atom is 0.234 e. The van der Waals surface area contributed by atoms with Gasteiger partial charge in [0.1, 0.15) is 17.9 Å². The van der Waals surface area contributed by atoms with Crippen molar-refractivity contribution in [2.75, 3.05) is 13.7 Å². The summed E-state index contributed by atoms with van der Waals surface area (Å²) in [5, 5.41) is 11.1. The van der Waals surface area contributed by atoms with Gasteiger partial charge >= 0.3 is 0 Å². The molecule has 0 fully saturated rings. The van der Waals surface area contributed by atoms with Crippen molar-refractivity contribution in [1.82, 2.24) is 5.32 Å². The number of carbonyl (C=O) groups excluding carboxylic acids is 1. The monoisotopic (exact) mass is 262 g/mol. The third-order valence-corrected chi connectivity index (χ3v) is 2.45. The predicted octanol–water partition coefficient (Wildman–Crippen LogP) is 2.01. The minimum absolute atomic E-state index is 0.138. The van der Waals surface area contributed by atoms with E-state index in [2.05, 4.69) is 5.32 Å². The van der Waals surface area contributed by atoms with Gasteiger partial charge < -0.3 is 14.8 Å². The molecule has 0 bridgehead atoms. The van der Waals surface area contributed by atoms with Crippen LogP contribution in [0.2, 0.25) is 0 Å². The fourth-order valence-electron chi connectivity index (χ4n) is 1.48. The Kier molecular flexibility index (Phi) is 6.23. The van der Waals surface area contributed by atoms with Crippen molar-refractivity contribution in [3.63, 3.8) is 0 Å². The van der Waals surface area contributed by atoms with Crippen LogP contribution in [0.25, 0.3) is 0 Å². The molecular formula is C14H18N2O3. The van der Waals surface area contributed by atoms with Crippen LogP contribution in [-0.4, -0.2) is 19.6 Å². The highest BCUT2D eigenvalue weighted by Gasteiger charge is 2.07. The van der Waals surface area contributed by atoms with Crippen molar-refractivity contribution in [2.45, 2.75) is 26.3 Å². The summed E-state index contributed by atoms with van der Waals surface area (Å²) in [5.74, 6) is 1.11. The number of nitriles is 1. The zero-order valence-electron chi connectivity index (χ0n) is 11.2. The van der Waals surface area contributed by atoms with Crippen LogP contribution >= 0.6 is 0 Å². The predicted molar refractivity (Wildman–Crippen MR) is 70.9 cm³/mol. The topological polar surface area (TPSA) is 71.3 Å². The number of amides is 1. The van der Waals surface area contributed by atoms with Crippen LogP contribution in [0.1, 0.15) is 25.3 Å². The Morgan fingerprint density at radius 2 is 2.26 bits per heavy atom. The molecule has 0 saturated carbocycles. The van der Waals surface area contributed by atoms with Crippen molar-refractivity contribution in [2.24, 2.45) is 0 Å². The number of rotatable bonds is 7. The molecule has 0 unspecified atom stereocenters. The fourth-order valence-corrected chi connectivity index (χ4v) is 1.48. The Hall–Kier alpha value is -2.22. The summed E-state index contributed by atoms with van der Waals surface area (Å²) in [4.78, 5) is 11.3. The summed E-state index contributed by atoms with van der Waals surface area (Å²) in [6.07, 6.45) is 0.763. The first kappa shape index (κ1) is 14.8. The third kappa shape index (κ3) is 4.88. The van der Waals surface area contributed by atoms with Crippen molar-refractivity contribution in [3.05, 3.63) is 23.8 Å². The van der Waals surface area contributed by atoms with E-state index in [0.29, 0.717) is 24.7 Å². The Bertz CT molecular complexity index is 466. The van der Waals surface area contributed by atoms with Gasteiger partial charge in [-0.25, -0.2) is 0 Å². The molecule has 1 aromatic carbocycles. The number of ether oxygens (including phenoxy) is 2. The minimum Gasteiger partial charge on any atom is -0.497 e. The van der Waals surface area contributed by atoms with Crippen LogP contribution in [0.3, 0.4) is 0 Å². The number of methoxy groups -OCH3 is 1. The second-order valence-corrected chi connectivity index (χ2v) is 3.93. The maximum atomic E-state index is 11.3. The maximum absolute atomic E-state index is 11.3. The van der Waals surface area contributed by atoms with Crippen LogP contribution in [0, 0.1) is 11.3 Å². The third-order valence-electron chi connectivity index (χ3n) is 2.45. The molecule has 0 saturated heterocycles. The van der Waals surface area contributed by atoms with E-state index in [-0.39, 0.29) is 12.3 Å². The Labute approximate surface area is 113 Å². The van der Waals surface area contributed by atoms with Gasteiger partial charge in [-0.3, -0.25) is 4.79 Å². The molecule has 5 nitrogen and oxygen atoms in total. The van der Waals surface area contributed by atoms with Crippen molar-refractivity contribution in [1.29, 1.82) is 5.26 Å². The number of hydrogen-bond acceptors (Lipinski definition) is 4. The summed E-state index contributed by atoms with van der Waals surface area (Å²) >= 11 is 0. The Balaban J connectivity index is 2.74. The second kappa shape index (κ2) is 7.98. The molecule has 1 amide bonds. The molecular weight excluding hydrogens is 244 g/mol. The highest BCUT2D eigenvalue weighted by Crippen LogP contribution is 2.25. The summed E-state index contributed by atoms with van der Waals surface area (Å²) in [7, 11) is 1.59. The fraction of sp³-hybridized carbons (Fsp3) is 0.429. The zero-order valence-corrected chi connectivity index (χ0v) is 11.2. The smallest absolute Gasteiger partial charge is 0.234 e. The molecule has 19 heavy (non-hydrogen) atoms. The van der Waals surface area contributed by atoms with Crippen LogP contribution in [0.4, 0.5) is 0 Å². The molecule has 0 atom stereocenters. The number of hydrogen-bond donors (Lipinski definition) is 1. The van der Waals surface area contributed by atoms with Crippen molar-refractivity contribution < 1.29 is 14.3 Å². The van der Waals surface area contributed by atoms with Gasteiger partial charge in [0.15, 0.2) is 0 Å². The van der Waals surface area contributed by atoms with Crippen molar-refractivity contribution >= 4 is 5.91 Å². The molecule has 0 aliphatic rings. The van der Waals surface area contributed by atoms with Gasteiger partial charge in [-0.15, -0.1) is 0 Å². The van der Waals surface area contributed by atoms with E-state index in [9.17, 15) is 4.79 Å². The standard InChI is InChI=1S/C14H18N2O3/c1-3-8-19-13-9-12(18-2)5-4-11(13)10-16-14(17)6-7-15/h4-5,9H,3,6,8,10H2,1-2H3,(H,16,17). The van der Waals surface area contributed by atoms with E-state index in [1.54, 1.807) is 13.2 Å². The number of nitrogens with one attached hydrogen (secondary N) is 1. The number of carbonyl (C=O) groups is 1. The normalized spacial score (nSPS) is 9.53. The molecule has 1 N–H and O–H groups in total. The molecule has 0 aliphatic heterocycles. The lowest BCUT2D eigenvalue weighted by Crippen LogP contribution is -2.22. The van der Waals surface area contributed by atoms with Gasteiger partial charge in [0, 0.05) is 18.2 Å². The van der Waals surface area contributed by atoms with Crippen molar-refractivity contribution in [3.8, 4) is 17.6 Å². The summed E-state index contributed by atoms with van der Waals surface area (Å²) in [5.41, 5.74) is 0.862. The quantitative estimate of drug-likeness (QED) is 0.816. The molecule has 1 aromatic rings. The summed E-state index contributed by atoms with van der Waals surface area (Å²) in [6.45, 7) is 2.96. The molecule has 0 radical (unpaired) electrons. The lowest BCUT2D eigenvalue weighted by Gasteiger charge is -2.13. The molecule has 102 valence electrons. The van der Waals surface area contributed by atoms with Crippen LogP contribution in [-0.2, 0) is 11.3 Å². The van der Waals surface area contributed by atoms with E-state index in [1.807, 2.05) is 25.1 Å². The van der Waals surface area contributed by atoms with Gasteiger partial charge in [-0.1, -0.05) is 6.92 Å². The Morgan fingerprint density at radius 3 is 2.89 bits per heavy atom. The summed E-state index contributed by atoms with van der Waals surface area (Å²) < 4.78 is 10.8.